The number of aryl methyl sites for hydroxylation is 2. The second kappa shape index (κ2) is 11.0. The molecule has 4 rings (SSSR count). The molecule has 0 saturated carbocycles. The first-order chi connectivity index (χ1) is 18.2. The Balaban J connectivity index is 1.71. The predicted molar refractivity (Wildman–Crippen MR) is 146 cm³/mol. The molecular formula is C28H26FN5O4. The minimum absolute atomic E-state index is 0.0738. The van der Waals surface area contributed by atoms with Crippen molar-refractivity contribution < 1.29 is 18.7 Å². The Morgan fingerprint density at radius 2 is 1.79 bits per heavy atom. The number of fused-ring (bicyclic) bond motifs is 1. The lowest BCUT2D eigenvalue weighted by atomic mass is 9.99. The maximum atomic E-state index is 14.8. The minimum atomic E-state index is -0.746. The molecule has 2 aromatic heterocycles. The number of hydrogen-bond acceptors (Lipinski definition) is 5. The van der Waals surface area contributed by atoms with Crippen molar-refractivity contribution >= 4 is 40.2 Å². The number of allylic oxidation sites excluding steroid dienone is 1. The molecule has 2 heterocycles. The normalized spacial score (nSPS) is 10.6. The van der Waals surface area contributed by atoms with Crippen LogP contribution in [0.2, 0.25) is 0 Å². The highest BCUT2D eigenvalue weighted by Gasteiger charge is 2.17. The van der Waals surface area contributed by atoms with Crippen LogP contribution < -0.4 is 21.5 Å². The molecule has 0 aliphatic heterocycles. The van der Waals surface area contributed by atoms with Crippen LogP contribution in [0.1, 0.15) is 19.4 Å². The summed E-state index contributed by atoms with van der Waals surface area (Å²) in [4.78, 5) is 42.2. The van der Waals surface area contributed by atoms with Gasteiger partial charge in [-0.2, -0.15) is 0 Å². The molecule has 0 bridgehead atoms. The Bertz CT molecular complexity index is 1620. The lowest BCUT2D eigenvalue weighted by Crippen LogP contribution is -2.23. The number of carbonyl (C=O) groups is 2. The second-order valence-corrected chi connectivity index (χ2v) is 8.54. The number of amides is 3. The van der Waals surface area contributed by atoms with E-state index < -0.39 is 17.9 Å². The summed E-state index contributed by atoms with van der Waals surface area (Å²) in [6, 6.07) is 14.1. The van der Waals surface area contributed by atoms with E-state index in [4.69, 9.17) is 4.74 Å². The number of halogens is 1. The van der Waals surface area contributed by atoms with E-state index in [1.54, 1.807) is 43.3 Å². The van der Waals surface area contributed by atoms with Crippen LogP contribution in [-0.4, -0.2) is 21.7 Å². The van der Waals surface area contributed by atoms with Crippen molar-refractivity contribution in [2.75, 3.05) is 16.0 Å². The molecule has 0 unspecified atom stereocenters. The summed E-state index contributed by atoms with van der Waals surface area (Å²) in [5.41, 5.74) is 1.99. The Hall–Kier alpha value is -4.99. The van der Waals surface area contributed by atoms with E-state index in [0.29, 0.717) is 39.8 Å². The van der Waals surface area contributed by atoms with Crippen LogP contribution in [0.5, 0.6) is 0 Å². The van der Waals surface area contributed by atoms with Crippen LogP contribution in [0.4, 0.5) is 31.2 Å². The fraction of sp³-hybridized carbons (Fsp3) is 0.143. The van der Waals surface area contributed by atoms with Gasteiger partial charge < -0.3 is 19.9 Å². The molecule has 0 aliphatic carbocycles. The van der Waals surface area contributed by atoms with E-state index in [-0.39, 0.29) is 22.8 Å². The van der Waals surface area contributed by atoms with Gasteiger partial charge >= 0.3 is 12.1 Å². The number of urea groups is 1. The van der Waals surface area contributed by atoms with Crippen molar-refractivity contribution in [1.82, 2.24) is 9.55 Å². The molecule has 0 fully saturated rings. The molecule has 2 aromatic carbocycles. The van der Waals surface area contributed by atoms with Crippen molar-refractivity contribution in [3.63, 3.8) is 0 Å². The van der Waals surface area contributed by atoms with Crippen LogP contribution >= 0.6 is 0 Å². The van der Waals surface area contributed by atoms with Crippen molar-refractivity contribution in [3.05, 3.63) is 94.9 Å². The van der Waals surface area contributed by atoms with E-state index in [0.717, 1.165) is 0 Å². The summed E-state index contributed by atoms with van der Waals surface area (Å²) in [5.74, 6) is -0.212. The topological polar surface area (TPSA) is 114 Å². The summed E-state index contributed by atoms with van der Waals surface area (Å²) in [6.07, 6.45) is 0.774. The van der Waals surface area contributed by atoms with Gasteiger partial charge in [-0.25, -0.2) is 19.0 Å². The number of pyridine rings is 2. The second-order valence-electron chi connectivity index (χ2n) is 8.54. The Kier molecular flexibility index (Phi) is 7.52. The number of aromatic nitrogens is 2. The Morgan fingerprint density at radius 3 is 2.47 bits per heavy atom. The largest absolute Gasteiger partial charge is 0.417 e. The summed E-state index contributed by atoms with van der Waals surface area (Å²) >= 11 is 0. The summed E-state index contributed by atoms with van der Waals surface area (Å²) in [7, 11) is 0. The monoisotopic (exact) mass is 515 g/mol. The van der Waals surface area contributed by atoms with Gasteiger partial charge in [0.05, 0.1) is 17.0 Å². The van der Waals surface area contributed by atoms with Crippen LogP contribution in [0, 0.1) is 12.7 Å². The van der Waals surface area contributed by atoms with Crippen molar-refractivity contribution in [2.24, 2.45) is 0 Å². The van der Waals surface area contributed by atoms with Gasteiger partial charge in [0.2, 0.25) is 0 Å². The highest BCUT2D eigenvalue weighted by Crippen LogP contribution is 2.29. The number of hydrogen-bond donors (Lipinski definition) is 3. The molecule has 194 valence electrons. The molecule has 9 nitrogen and oxygen atoms in total. The quantitative estimate of drug-likeness (QED) is 0.262. The zero-order valence-electron chi connectivity index (χ0n) is 21.1. The van der Waals surface area contributed by atoms with Crippen molar-refractivity contribution in [1.29, 1.82) is 0 Å². The molecule has 10 heteroatoms. The maximum Gasteiger partial charge on any atom is 0.417 e. The van der Waals surface area contributed by atoms with E-state index >= 15 is 0 Å². The van der Waals surface area contributed by atoms with Crippen LogP contribution in [-0.2, 0) is 11.3 Å². The first-order valence-corrected chi connectivity index (χ1v) is 11.8. The van der Waals surface area contributed by atoms with Gasteiger partial charge in [0.25, 0.3) is 5.56 Å². The molecule has 0 radical (unpaired) electrons. The number of benzene rings is 2. The van der Waals surface area contributed by atoms with Gasteiger partial charge in [-0.1, -0.05) is 24.8 Å². The SMILES string of the molecule is C=C(C)OC(=O)Nc1cc2c(cn1)cc(-c1cc(NC(=O)Nc3ccccc3)c(F)cc1C)c(=O)n2CC. The van der Waals surface area contributed by atoms with Gasteiger partial charge in [-0.15, -0.1) is 0 Å². The van der Waals surface area contributed by atoms with E-state index in [1.807, 2.05) is 13.0 Å². The third-order valence-corrected chi connectivity index (χ3v) is 5.68. The summed E-state index contributed by atoms with van der Waals surface area (Å²) in [5, 5.41) is 8.29. The molecule has 0 aliphatic rings. The highest BCUT2D eigenvalue weighted by molar-refractivity contribution is 6.00. The van der Waals surface area contributed by atoms with E-state index in [9.17, 15) is 18.8 Å². The average Bonchev–Trinajstić information content (AvgIpc) is 2.85. The van der Waals surface area contributed by atoms with E-state index in [1.165, 1.54) is 29.8 Å². The molecule has 3 amide bonds. The number of rotatable bonds is 6. The Morgan fingerprint density at radius 1 is 1.05 bits per heavy atom. The van der Waals surface area contributed by atoms with Gasteiger partial charge in [-0.05, 0) is 62.2 Å². The molecular weight excluding hydrogens is 489 g/mol. The first-order valence-electron chi connectivity index (χ1n) is 11.8. The van der Waals surface area contributed by atoms with Gasteiger partial charge in [-0.3, -0.25) is 10.1 Å². The smallest absolute Gasteiger partial charge is 0.416 e. The van der Waals surface area contributed by atoms with Crippen LogP contribution in [0.15, 0.2) is 77.9 Å². The fourth-order valence-corrected chi connectivity index (χ4v) is 4.00. The number of ether oxygens (including phenoxy) is 1. The summed E-state index contributed by atoms with van der Waals surface area (Å²) < 4.78 is 21.2. The minimum Gasteiger partial charge on any atom is -0.416 e. The molecule has 0 atom stereocenters. The molecule has 0 saturated heterocycles. The zero-order valence-corrected chi connectivity index (χ0v) is 21.1. The standard InChI is InChI=1S/C28H26FN5O4/c1-5-34-24-14-25(33-28(37)38-16(2)3)30-15-18(24)12-21(26(34)35)20-13-23(22(29)11-17(20)4)32-27(36)31-19-9-7-6-8-10-19/h6-15H,2,5H2,1,3-4H3,(H,30,33,37)(H2,31,32,36). The number of anilines is 3. The number of nitrogens with zero attached hydrogens (tertiary/aromatic N) is 2. The first kappa shape index (κ1) is 26.1. The van der Waals surface area contributed by atoms with E-state index in [2.05, 4.69) is 27.5 Å². The number of para-hydroxylation sites is 1. The zero-order chi connectivity index (χ0) is 27.4. The number of nitrogens with one attached hydrogen (secondary N) is 3. The van der Waals surface area contributed by atoms with Gasteiger partial charge in [0.1, 0.15) is 11.6 Å². The third kappa shape index (κ3) is 5.70. The van der Waals surface area contributed by atoms with Crippen molar-refractivity contribution in [3.8, 4) is 11.1 Å². The third-order valence-electron chi connectivity index (χ3n) is 5.68. The predicted octanol–water partition coefficient (Wildman–Crippen LogP) is 6.26. The van der Waals surface area contributed by atoms with Crippen LogP contribution in [0.3, 0.4) is 0 Å². The molecule has 0 spiro atoms. The highest BCUT2D eigenvalue weighted by atomic mass is 19.1. The maximum absolute atomic E-state index is 14.8. The van der Waals surface area contributed by atoms with Crippen LogP contribution in [0.25, 0.3) is 22.0 Å². The summed E-state index contributed by atoms with van der Waals surface area (Å²) in [6.45, 7) is 8.88. The van der Waals surface area contributed by atoms with Gasteiger partial charge in [0, 0.05) is 35.4 Å². The average molecular weight is 516 g/mol. The lowest BCUT2D eigenvalue weighted by Gasteiger charge is -2.15. The molecule has 4 aromatic rings. The van der Waals surface area contributed by atoms with Crippen molar-refractivity contribution in [2.45, 2.75) is 27.3 Å². The Labute approximate surface area is 218 Å². The van der Waals surface area contributed by atoms with Gasteiger partial charge in [0.15, 0.2) is 0 Å². The lowest BCUT2D eigenvalue weighted by molar-refractivity contribution is 0.192. The molecule has 38 heavy (non-hydrogen) atoms. The fourth-order valence-electron chi connectivity index (χ4n) is 4.00. The number of carbonyl (C=O) groups excluding carboxylic acids is 2. The molecule has 3 N–H and O–H groups in total.